The highest BCUT2D eigenvalue weighted by Crippen LogP contribution is 2.21. The molecule has 18 heavy (non-hydrogen) atoms. The minimum absolute atomic E-state index is 0.141. The molecule has 2 heterocycles. The van der Waals surface area contributed by atoms with Crippen LogP contribution in [0.25, 0.3) is 0 Å². The van der Waals surface area contributed by atoms with Crippen molar-refractivity contribution in [2.75, 3.05) is 38.8 Å². The Kier molecular flexibility index (Phi) is 4.15. The monoisotopic (exact) mass is 249 g/mol. The number of anilines is 1. The Hall–Kier alpha value is -1.62. The molecule has 0 spiro atoms. The number of rotatable bonds is 3. The second-order valence-electron chi connectivity index (χ2n) is 4.47. The van der Waals surface area contributed by atoms with Gasteiger partial charge in [-0.05, 0) is 6.07 Å². The summed E-state index contributed by atoms with van der Waals surface area (Å²) in [5, 5.41) is 0. The zero-order valence-electron chi connectivity index (χ0n) is 10.9. The van der Waals surface area contributed by atoms with Crippen LogP contribution in [0.5, 0.6) is 0 Å². The number of carbonyl (C=O) groups excluding carboxylic acids is 1. The van der Waals surface area contributed by atoms with Gasteiger partial charge in [-0.1, -0.05) is 6.07 Å². The average molecular weight is 249 g/mol. The lowest BCUT2D eigenvalue weighted by Gasteiger charge is -2.20. The molecule has 0 bridgehead atoms. The SMILES string of the molecule is COCCC(=O)N1CCN(C)c2ncccc2C1. The fourth-order valence-corrected chi connectivity index (χ4v) is 2.12. The summed E-state index contributed by atoms with van der Waals surface area (Å²) in [6.07, 6.45) is 2.23. The molecule has 0 atom stereocenters. The van der Waals surface area contributed by atoms with Crippen LogP contribution in [-0.4, -0.2) is 49.6 Å². The predicted molar refractivity (Wildman–Crippen MR) is 69.4 cm³/mol. The van der Waals surface area contributed by atoms with Gasteiger partial charge in [0.25, 0.3) is 0 Å². The molecule has 1 aliphatic rings. The summed E-state index contributed by atoms with van der Waals surface area (Å²) in [5.74, 6) is 1.11. The summed E-state index contributed by atoms with van der Waals surface area (Å²) in [6, 6.07) is 3.94. The summed E-state index contributed by atoms with van der Waals surface area (Å²) in [6.45, 7) is 2.65. The lowest BCUT2D eigenvalue weighted by molar-refractivity contribution is -0.132. The number of ether oxygens (including phenoxy) is 1. The number of methoxy groups -OCH3 is 1. The third-order valence-electron chi connectivity index (χ3n) is 3.17. The van der Waals surface area contributed by atoms with Crippen molar-refractivity contribution in [2.45, 2.75) is 13.0 Å². The molecule has 1 aliphatic heterocycles. The van der Waals surface area contributed by atoms with Crippen LogP contribution in [0.1, 0.15) is 12.0 Å². The number of hydrogen-bond donors (Lipinski definition) is 0. The van der Waals surface area contributed by atoms with Crippen LogP contribution < -0.4 is 4.90 Å². The fourth-order valence-electron chi connectivity index (χ4n) is 2.12. The number of hydrogen-bond acceptors (Lipinski definition) is 4. The van der Waals surface area contributed by atoms with Crippen molar-refractivity contribution in [3.8, 4) is 0 Å². The third kappa shape index (κ3) is 2.79. The van der Waals surface area contributed by atoms with E-state index < -0.39 is 0 Å². The van der Waals surface area contributed by atoms with Crippen LogP contribution >= 0.6 is 0 Å². The fraction of sp³-hybridized carbons (Fsp3) is 0.538. The Bertz CT molecular complexity index is 422. The highest BCUT2D eigenvalue weighted by Gasteiger charge is 2.21. The van der Waals surface area contributed by atoms with E-state index in [9.17, 15) is 4.79 Å². The summed E-state index contributed by atoms with van der Waals surface area (Å²) >= 11 is 0. The molecule has 1 amide bonds. The summed E-state index contributed by atoms with van der Waals surface area (Å²) in [5.41, 5.74) is 1.10. The standard InChI is InChI=1S/C13H19N3O2/c1-15-7-8-16(12(17)5-9-18-2)10-11-4-3-6-14-13(11)15/h3-4,6H,5,7-10H2,1-2H3. The van der Waals surface area contributed by atoms with Gasteiger partial charge in [0.15, 0.2) is 0 Å². The minimum atomic E-state index is 0.141. The molecule has 0 aliphatic carbocycles. The summed E-state index contributed by atoms with van der Waals surface area (Å²) in [4.78, 5) is 20.4. The van der Waals surface area contributed by atoms with E-state index >= 15 is 0 Å². The van der Waals surface area contributed by atoms with E-state index in [0.717, 1.165) is 24.5 Å². The number of amides is 1. The highest BCUT2D eigenvalue weighted by molar-refractivity contribution is 5.76. The predicted octanol–water partition coefficient (Wildman–Crippen LogP) is 0.896. The zero-order valence-corrected chi connectivity index (χ0v) is 10.9. The average Bonchev–Trinajstić information content (AvgIpc) is 2.56. The number of likely N-dealkylation sites (N-methyl/N-ethyl adjacent to an activating group) is 1. The van der Waals surface area contributed by atoms with Gasteiger partial charge in [-0.2, -0.15) is 0 Å². The van der Waals surface area contributed by atoms with Gasteiger partial charge in [0.2, 0.25) is 5.91 Å². The van der Waals surface area contributed by atoms with Crippen LogP contribution in [0.3, 0.4) is 0 Å². The van der Waals surface area contributed by atoms with E-state index in [1.54, 1.807) is 13.3 Å². The summed E-state index contributed by atoms with van der Waals surface area (Å²) in [7, 11) is 3.62. The topological polar surface area (TPSA) is 45.7 Å². The van der Waals surface area contributed by atoms with Crippen molar-refractivity contribution in [3.63, 3.8) is 0 Å². The molecule has 0 fully saturated rings. The second kappa shape index (κ2) is 5.82. The Morgan fingerprint density at radius 3 is 3.11 bits per heavy atom. The van der Waals surface area contributed by atoms with Gasteiger partial charge in [0, 0.05) is 45.6 Å². The van der Waals surface area contributed by atoms with Crippen LogP contribution in [0.15, 0.2) is 18.3 Å². The largest absolute Gasteiger partial charge is 0.384 e. The van der Waals surface area contributed by atoms with Gasteiger partial charge in [-0.15, -0.1) is 0 Å². The van der Waals surface area contributed by atoms with E-state index in [1.165, 1.54) is 0 Å². The number of fused-ring (bicyclic) bond motifs is 1. The first-order chi connectivity index (χ1) is 8.72. The van der Waals surface area contributed by atoms with Crippen molar-refractivity contribution in [3.05, 3.63) is 23.9 Å². The number of carbonyl (C=O) groups is 1. The Morgan fingerprint density at radius 1 is 1.50 bits per heavy atom. The Labute approximate surface area is 107 Å². The Morgan fingerprint density at radius 2 is 2.33 bits per heavy atom. The quantitative estimate of drug-likeness (QED) is 0.798. The van der Waals surface area contributed by atoms with Gasteiger partial charge < -0.3 is 14.5 Å². The summed E-state index contributed by atoms with van der Waals surface area (Å²) < 4.78 is 4.95. The van der Waals surface area contributed by atoms with Gasteiger partial charge in [-0.25, -0.2) is 4.98 Å². The highest BCUT2D eigenvalue weighted by atomic mass is 16.5. The van der Waals surface area contributed by atoms with Crippen molar-refractivity contribution < 1.29 is 9.53 Å². The van der Waals surface area contributed by atoms with E-state index in [-0.39, 0.29) is 5.91 Å². The minimum Gasteiger partial charge on any atom is -0.384 e. The maximum absolute atomic E-state index is 12.0. The molecule has 0 unspecified atom stereocenters. The van der Waals surface area contributed by atoms with Gasteiger partial charge >= 0.3 is 0 Å². The molecule has 0 radical (unpaired) electrons. The smallest absolute Gasteiger partial charge is 0.225 e. The molecule has 0 N–H and O–H groups in total. The molecule has 1 aromatic rings. The maximum atomic E-state index is 12.0. The number of nitrogens with zero attached hydrogens (tertiary/aromatic N) is 3. The van der Waals surface area contributed by atoms with Gasteiger partial charge in [0.05, 0.1) is 13.0 Å². The molecule has 2 rings (SSSR count). The first kappa shape index (κ1) is 12.8. The lowest BCUT2D eigenvalue weighted by atomic mass is 10.2. The third-order valence-corrected chi connectivity index (χ3v) is 3.17. The van der Waals surface area contributed by atoms with Crippen LogP contribution in [0.4, 0.5) is 5.82 Å². The molecular weight excluding hydrogens is 230 g/mol. The maximum Gasteiger partial charge on any atom is 0.225 e. The van der Waals surface area contributed by atoms with Crippen molar-refractivity contribution in [2.24, 2.45) is 0 Å². The molecule has 0 saturated heterocycles. The second-order valence-corrected chi connectivity index (χ2v) is 4.47. The van der Waals surface area contributed by atoms with Crippen LogP contribution in [0, 0.1) is 0 Å². The van der Waals surface area contributed by atoms with Crippen LogP contribution in [-0.2, 0) is 16.1 Å². The molecule has 0 aromatic carbocycles. The molecule has 5 heteroatoms. The van der Waals surface area contributed by atoms with E-state index in [1.807, 2.05) is 24.1 Å². The molecule has 98 valence electrons. The zero-order chi connectivity index (χ0) is 13.0. The van der Waals surface area contributed by atoms with Gasteiger partial charge in [-0.3, -0.25) is 4.79 Å². The lowest BCUT2D eigenvalue weighted by Crippen LogP contribution is -2.34. The molecule has 5 nitrogen and oxygen atoms in total. The Balaban J connectivity index is 2.12. The normalized spacial score (nSPS) is 15.2. The van der Waals surface area contributed by atoms with Crippen molar-refractivity contribution in [1.29, 1.82) is 0 Å². The first-order valence-electron chi connectivity index (χ1n) is 6.14. The van der Waals surface area contributed by atoms with Crippen molar-refractivity contribution in [1.82, 2.24) is 9.88 Å². The van der Waals surface area contributed by atoms with E-state index in [2.05, 4.69) is 9.88 Å². The van der Waals surface area contributed by atoms with Crippen molar-refractivity contribution >= 4 is 11.7 Å². The number of aromatic nitrogens is 1. The molecule has 1 aromatic heterocycles. The first-order valence-corrected chi connectivity index (χ1v) is 6.14. The van der Waals surface area contributed by atoms with Crippen LogP contribution in [0.2, 0.25) is 0 Å². The van der Waals surface area contributed by atoms with E-state index in [0.29, 0.717) is 19.6 Å². The molecule has 0 saturated carbocycles. The number of pyridine rings is 1. The van der Waals surface area contributed by atoms with Gasteiger partial charge in [0.1, 0.15) is 5.82 Å². The molecular formula is C13H19N3O2. The van der Waals surface area contributed by atoms with E-state index in [4.69, 9.17) is 4.74 Å².